The molecule has 2 aromatic carbocycles. The number of phenols is 1. The van der Waals surface area contributed by atoms with E-state index >= 15 is 0 Å². The topological polar surface area (TPSA) is 171 Å². The van der Waals surface area contributed by atoms with E-state index in [9.17, 15) is 24.3 Å². The first kappa shape index (κ1) is 29.7. The van der Waals surface area contributed by atoms with Gasteiger partial charge in [-0.3, -0.25) is 19.2 Å². The first-order valence-electron chi connectivity index (χ1n) is 11.8. The van der Waals surface area contributed by atoms with Crippen LogP contribution in [0.2, 0.25) is 0 Å². The standard InChI is InChI=1S/C26H34N4O6S/c1-16(26(35)36)28-25(34)22(15-17-6-4-3-5-7-17)30-24(33)21(12-13-37-2)29-23(32)20(27)14-18-8-10-19(31)11-9-18/h3-11,16,20-22,31H,12-15,27H2,1-2H3,(H,28,34)(H,29,32)(H,30,33)(H,35,36). The summed E-state index contributed by atoms with van der Waals surface area (Å²) >= 11 is 1.50. The van der Waals surface area contributed by atoms with Crippen molar-refractivity contribution >= 4 is 35.5 Å². The number of hydrogen-bond acceptors (Lipinski definition) is 7. The fraction of sp³-hybridized carbons (Fsp3) is 0.385. The van der Waals surface area contributed by atoms with Crippen molar-refractivity contribution in [2.45, 2.75) is 50.4 Å². The smallest absolute Gasteiger partial charge is 0.325 e. The molecule has 0 aliphatic heterocycles. The SMILES string of the molecule is CSCCC(NC(=O)C(N)Cc1ccc(O)cc1)C(=O)NC(Cc1ccccc1)C(=O)NC(C)C(=O)O. The molecule has 7 N–H and O–H groups in total. The Labute approximate surface area is 220 Å². The maximum absolute atomic E-state index is 13.2. The second-order valence-electron chi connectivity index (χ2n) is 8.64. The summed E-state index contributed by atoms with van der Waals surface area (Å²) in [4.78, 5) is 50.1. The predicted octanol–water partition coefficient (Wildman–Crippen LogP) is 0.817. The lowest BCUT2D eigenvalue weighted by Gasteiger charge is -2.25. The Kier molecular flexibility index (Phi) is 11.9. The monoisotopic (exact) mass is 530 g/mol. The highest BCUT2D eigenvalue weighted by atomic mass is 32.2. The molecule has 0 aliphatic rings. The van der Waals surface area contributed by atoms with E-state index in [-0.39, 0.29) is 18.6 Å². The van der Waals surface area contributed by atoms with Crippen LogP contribution in [0, 0.1) is 0 Å². The number of rotatable bonds is 14. The number of carboxylic acid groups (broad SMARTS) is 1. The number of aromatic hydroxyl groups is 1. The maximum Gasteiger partial charge on any atom is 0.325 e. The molecule has 2 aromatic rings. The molecule has 0 spiro atoms. The summed E-state index contributed by atoms with van der Waals surface area (Å²) in [6.07, 6.45) is 2.51. The van der Waals surface area contributed by atoms with Gasteiger partial charge in [0.25, 0.3) is 0 Å². The number of phenolic OH excluding ortho intramolecular Hbond substituents is 1. The molecule has 37 heavy (non-hydrogen) atoms. The minimum Gasteiger partial charge on any atom is -0.508 e. The Balaban J connectivity index is 2.13. The molecule has 3 amide bonds. The van der Waals surface area contributed by atoms with Crippen molar-refractivity contribution in [1.29, 1.82) is 0 Å². The van der Waals surface area contributed by atoms with Crippen LogP contribution in [0.25, 0.3) is 0 Å². The Morgan fingerprint density at radius 2 is 1.41 bits per heavy atom. The number of thioether (sulfide) groups is 1. The fourth-order valence-corrected chi connectivity index (χ4v) is 3.94. The zero-order valence-electron chi connectivity index (χ0n) is 20.8. The van der Waals surface area contributed by atoms with Crippen molar-refractivity contribution in [3.05, 3.63) is 65.7 Å². The van der Waals surface area contributed by atoms with E-state index in [0.717, 1.165) is 11.1 Å². The molecule has 0 bridgehead atoms. The zero-order chi connectivity index (χ0) is 27.4. The van der Waals surface area contributed by atoms with Crippen molar-refractivity contribution in [2.24, 2.45) is 5.73 Å². The van der Waals surface area contributed by atoms with Gasteiger partial charge >= 0.3 is 5.97 Å². The van der Waals surface area contributed by atoms with Crippen LogP contribution in [0.5, 0.6) is 5.75 Å². The van der Waals surface area contributed by atoms with E-state index in [0.29, 0.717) is 12.2 Å². The predicted molar refractivity (Wildman–Crippen MR) is 142 cm³/mol. The van der Waals surface area contributed by atoms with Gasteiger partial charge in [-0.05, 0) is 55.0 Å². The molecular formula is C26H34N4O6S. The summed E-state index contributed by atoms with van der Waals surface area (Å²) in [6, 6.07) is 11.2. The number of nitrogens with one attached hydrogen (secondary N) is 3. The van der Waals surface area contributed by atoms with Crippen LogP contribution < -0.4 is 21.7 Å². The Morgan fingerprint density at radius 3 is 2.00 bits per heavy atom. The molecular weight excluding hydrogens is 496 g/mol. The van der Waals surface area contributed by atoms with Crippen molar-refractivity contribution in [1.82, 2.24) is 16.0 Å². The second-order valence-corrected chi connectivity index (χ2v) is 9.62. The lowest BCUT2D eigenvalue weighted by atomic mass is 10.0. The fourth-order valence-electron chi connectivity index (χ4n) is 3.47. The third-order valence-electron chi connectivity index (χ3n) is 5.62. The number of carbonyl (C=O) groups is 4. The first-order valence-corrected chi connectivity index (χ1v) is 13.2. The van der Waals surface area contributed by atoms with Gasteiger partial charge in [0.05, 0.1) is 6.04 Å². The van der Waals surface area contributed by atoms with E-state index in [1.165, 1.54) is 30.8 Å². The molecule has 10 nitrogen and oxygen atoms in total. The van der Waals surface area contributed by atoms with Crippen LogP contribution in [0.4, 0.5) is 0 Å². The average molecular weight is 531 g/mol. The molecule has 0 saturated heterocycles. The molecule has 0 heterocycles. The van der Waals surface area contributed by atoms with Crippen LogP contribution in [-0.2, 0) is 32.0 Å². The number of benzene rings is 2. The maximum atomic E-state index is 13.2. The summed E-state index contributed by atoms with van der Waals surface area (Å²) in [6.45, 7) is 1.33. The van der Waals surface area contributed by atoms with Gasteiger partial charge in [-0.1, -0.05) is 42.5 Å². The minimum absolute atomic E-state index is 0.0995. The van der Waals surface area contributed by atoms with Crippen LogP contribution >= 0.6 is 11.8 Å². The first-order chi connectivity index (χ1) is 17.6. The van der Waals surface area contributed by atoms with Crippen molar-refractivity contribution in [3.63, 3.8) is 0 Å². The highest BCUT2D eigenvalue weighted by Gasteiger charge is 2.29. The molecule has 4 unspecified atom stereocenters. The molecule has 0 radical (unpaired) electrons. The summed E-state index contributed by atoms with van der Waals surface area (Å²) < 4.78 is 0. The van der Waals surface area contributed by atoms with Crippen LogP contribution in [0.15, 0.2) is 54.6 Å². The third-order valence-corrected chi connectivity index (χ3v) is 6.26. The summed E-state index contributed by atoms with van der Waals surface area (Å²) in [5, 5.41) is 26.4. The normalized spacial score (nSPS) is 14.0. The van der Waals surface area contributed by atoms with E-state index in [1.54, 1.807) is 36.4 Å². The van der Waals surface area contributed by atoms with Gasteiger partial charge in [0.15, 0.2) is 0 Å². The van der Waals surface area contributed by atoms with E-state index in [4.69, 9.17) is 10.8 Å². The molecule has 0 fully saturated rings. The summed E-state index contributed by atoms with van der Waals surface area (Å²) in [7, 11) is 0. The molecule has 200 valence electrons. The Bertz CT molecular complexity index is 1050. The number of hydrogen-bond donors (Lipinski definition) is 6. The number of nitrogens with two attached hydrogens (primary N) is 1. The van der Waals surface area contributed by atoms with Gasteiger partial charge in [-0.15, -0.1) is 0 Å². The molecule has 11 heteroatoms. The minimum atomic E-state index is -1.20. The van der Waals surface area contributed by atoms with Gasteiger partial charge < -0.3 is 31.9 Å². The van der Waals surface area contributed by atoms with Crippen molar-refractivity contribution < 1.29 is 29.4 Å². The summed E-state index contributed by atoms with van der Waals surface area (Å²) in [5.41, 5.74) is 7.59. The van der Waals surface area contributed by atoms with Gasteiger partial charge in [-0.2, -0.15) is 11.8 Å². The highest BCUT2D eigenvalue weighted by Crippen LogP contribution is 2.11. The van der Waals surface area contributed by atoms with E-state index in [2.05, 4.69) is 16.0 Å². The van der Waals surface area contributed by atoms with Crippen LogP contribution in [0.3, 0.4) is 0 Å². The average Bonchev–Trinajstić information content (AvgIpc) is 2.87. The van der Waals surface area contributed by atoms with Crippen molar-refractivity contribution in [3.8, 4) is 5.75 Å². The number of amides is 3. The molecule has 0 aromatic heterocycles. The van der Waals surface area contributed by atoms with Crippen LogP contribution in [0.1, 0.15) is 24.5 Å². The number of aliphatic carboxylic acids is 1. The third kappa shape index (κ3) is 10.1. The molecule has 0 saturated carbocycles. The van der Waals surface area contributed by atoms with Gasteiger partial charge in [0.1, 0.15) is 23.9 Å². The highest BCUT2D eigenvalue weighted by molar-refractivity contribution is 7.98. The zero-order valence-corrected chi connectivity index (χ0v) is 21.7. The van der Waals surface area contributed by atoms with E-state index in [1.807, 2.05) is 12.3 Å². The van der Waals surface area contributed by atoms with Crippen LogP contribution in [-0.4, -0.2) is 70.1 Å². The Morgan fingerprint density at radius 1 is 0.838 bits per heavy atom. The lowest BCUT2D eigenvalue weighted by Crippen LogP contribution is -2.57. The lowest BCUT2D eigenvalue weighted by molar-refractivity contribution is -0.141. The van der Waals surface area contributed by atoms with E-state index < -0.39 is 47.9 Å². The quantitative estimate of drug-likeness (QED) is 0.208. The van der Waals surface area contributed by atoms with Crippen molar-refractivity contribution in [2.75, 3.05) is 12.0 Å². The number of carbonyl (C=O) groups excluding carboxylic acids is 3. The number of carboxylic acids is 1. The second kappa shape index (κ2) is 14.9. The largest absolute Gasteiger partial charge is 0.508 e. The molecule has 2 rings (SSSR count). The van der Waals surface area contributed by atoms with Gasteiger partial charge in [-0.25, -0.2) is 0 Å². The van der Waals surface area contributed by atoms with Gasteiger partial charge in [0.2, 0.25) is 17.7 Å². The molecule has 4 atom stereocenters. The summed E-state index contributed by atoms with van der Waals surface area (Å²) in [5.74, 6) is -2.28. The molecule has 0 aliphatic carbocycles. The van der Waals surface area contributed by atoms with Gasteiger partial charge in [0, 0.05) is 6.42 Å². The Hall–Kier alpha value is -3.57.